The van der Waals surface area contributed by atoms with Gasteiger partial charge in [0.15, 0.2) is 0 Å². The Morgan fingerprint density at radius 1 is 1.53 bits per heavy atom. The molecule has 0 unspecified atom stereocenters. The number of H-pyrrole nitrogens is 1. The van der Waals surface area contributed by atoms with Crippen LogP contribution in [0.3, 0.4) is 0 Å². The van der Waals surface area contributed by atoms with Gasteiger partial charge in [-0.05, 0) is 24.1 Å². The molecular weight excluding hydrogens is 306 g/mol. The van der Waals surface area contributed by atoms with Crippen molar-refractivity contribution in [1.29, 1.82) is 0 Å². The Morgan fingerprint density at radius 3 is 3.00 bits per heavy atom. The van der Waals surface area contributed by atoms with E-state index in [0.29, 0.717) is 5.56 Å². The maximum atomic E-state index is 12.1. The molecule has 0 aliphatic rings. The zero-order valence-electron chi connectivity index (χ0n) is 10.7. The van der Waals surface area contributed by atoms with Gasteiger partial charge in [-0.25, -0.2) is 0 Å². The maximum Gasteiger partial charge on any atom is 0.254 e. The molecule has 0 saturated carbocycles. The van der Waals surface area contributed by atoms with E-state index >= 15 is 0 Å². The Balaban J connectivity index is 2.14. The normalized spacial score (nSPS) is 12.1. The quantitative estimate of drug-likeness (QED) is 0.886. The standard InChI is InChI=1S/C14H16BrN3O/c1-2-4-13(10-5-3-6-12(15)7-10)18-14(19)11-8-16-17-9-11/h3,5-9,13H,2,4H2,1H3,(H,16,17)(H,18,19)/t13-/m0/s1. The van der Waals surface area contributed by atoms with Crippen molar-refractivity contribution in [3.05, 3.63) is 52.3 Å². The van der Waals surface area contributed by atoms with Crippen LogP contribution in [0.15, 0.2) is 41.1 Å². The third kappa shape index (κ3) is 3.67. The van der Waals surface area contributed by atoms with Crippen molar-refractivity contribution in [2.45, 2.75) is 25.8 Å². The number of rotatable bonds is 5. The van der Waals surface area contributed by atoms with Crippen molar-refractivity contribution in [2.75, 3.05) is 0 Å². The molecule has 1 aromatic heterocycles. The molecule has 4 nitrogen and oxygen atoms in total. The monoisotopic (exact) mass is 321 g/mol. The fourth-order valence-corrected chi connectivity index (χ4v) is 2.37. The predicted molar refractivity (Wildman–Crippen MR) is 77.8 cm³/mol. The van der Waals surface area contributed by atoms with Gasteiger partial charge in [0, 0.05) is 10.7 Å². The third-order valence-corrected chi connectivity index (χ3v) is 3.39. The lowest BCUT2D eigenvalue weighted by molar-refractivity contribution is 0.0934. The van der Waals surface area contributed by atoms with Crippen LogP contribution in [0.4, 0.5) is 0 Å². The van der Waals surface area contributed by atoms with E-state index in [1.54, 1.807) is 6.20 Å². The first-order valence-electron chi connectivity index (χ1n) is 6.26. The average molecular weight is 322 g/mol. The zero-order chi connectivity index (χ0) is 13.7. The molecule has 0 aliphatic carbocycles. The summed E-state index contributed by atoms with van der Waals surface area (Å²) in [4.78, 5) is 12.1. The first-order valence-corrected chi connectivity index (χ1v) is 7.05. The summed E-state index contributed by atoms with van der Waals surface area (Å²) in [5.41, 5.74) is 1.66. The SMILES string of the molecule is CCC[C@H](NC(=O)c1cn[nH]c1)c1cccc(Br)c1. The van der Waals surface area contributed by atoms with Crippen LogP contribution >= 0.6 is 15.9 Å². The first kappa shape index (κ1) is 13.8. The van der Waals surface area contributed by atoms with Gasteiger partial charge >= 0.3 is 0 Å². The van der Waals surface area contributed by atoms with E-state index < -0.39 is 0 Å². The van der Waals surface area contributed by atoms with Crippen LogP contribution in [0.25, 0.3) is 0 Å². The maximum absolute atomic E-state index is 12.1. The van der Waals surface area contributed by atoms with E-state index in [4.69, 9.17) is 0 Å². The van der Waals surface area contributed by atoms with Crippen molar-refractivity contribution in [2.24, 2.45) is 0 Å². The minimum atomic E-state index is -0.104. The highest BCUT2D eigenvalue weighted by Crippen LogP contribution is 2.22. The molecule has 0 spiro atoms. The van der Waals surface area contributed by atoms with Crippen LogP contribution in [0.2, 0.25) is 0 Å². The zero-order valence-corrected chi connectivity index (χ0v) is 12.3. The highest BCUT2D eigenvalue weighted by atomic mass is 79.9. The molecule has 1 aromatic carbocycles. The second-order valence-corrected chi connectivity index (χ2v) is 5.27. The van der Waals surface area contributed by atoms with Gasteiger partial charge in [0.1, 0.15) is 0 Å². The average Bonchev–Trinajstić information content (AvgIpc) is 2.92. The molecule has 1 heterocycles. The Labute approximate surface area is 120 Å². The van der Waals surface area contributed by atoms with Crippen LogP contribution in [0, 0.1) is 0 Å². The summed E-state index contributed by atoms with van der Waals surface area (Å²) >= 11 is 3.46. The number of nitrogens with one attached hydrogen (secondary N) is 2. The fourth-order valence-electron chi connectivity index (χ4n) is 1.95. The number of carbonyl (C=O) groups is 1. The summed E-state index contributed by atoms with van der Waals surface area (Å²) in [6.07, 6.45) is 5.03. The number of hydrogen-bond acceptors (Lipinski definition) is 2. The molecule has 1 atom stereocenters. The summed E-state index contributed by atoms with van der Waals surface area (Å²) in [5, 5.41) is 9.48. The second kappa shape index (κ2) is 6.52. The molecule has 0 fully saturated rings. The molecule has 5 heteroatoms. The van der Waals surface area contributed by atoms with Crippen molar-refractivity contribution in [3.63, 3.8) is 0 Å². The van der Waals surface area contributed by atoms with E-state index in [1.807, 2.05) is 24.3 Å². The molecule has 0 saturated heterocycles. The summed E-state index contributed by atoms with van der Waals surface area (Å²) in [6.45, 7) is 2.11. The molecule has 0 aliphatic heterocycles. The Kier molecular flexibility index (Phi) is 4.74. The van der Waals surface area contributed by atoms with Gasteiger partial charge in [-0.15, -0.1) is 0 Å². The lowest BCUT2D eigenvalue weighted by Crippen LogP contribution is -2.28. The molecule has 2 N–H and O–H groups in total. The Bertz CT molecular complexity index is 539. The number of benzene rings is 1. The molecule has 0 bridgehead atoms. The number of aromatic nitrogens is 2. The van der Waals surface area contributed by atoms with Crippen molar-refractivity contribution in [3.8, 4) is 0 Å². The van der Waals surface area contributed by atoms with Gasteiger partial charge in [-0.1, -0.05) is 41.4 Å². The summed E-state index contributed by atoms with van der Waals surface area (Å²) in [6, 6.07) is 8.04. The second-order valence-electron chi connectivity index (χ2n) is 4.36. The molecule has 0 radical (unpaired) electrons. The smallest absolute Gasteiger partial charge is 0.254 e. The topological polar surface area (TPSA) is 57.8 Å². The lowest BCUT2D eigenvalue weighted by Gasteiger charge is -2.18. The van der Waals surface area contributed by atoms with Gasteiger partial charge in [-0.2, -0.15) is 5.10 Å². The van der Waals surface area contributed by atoms with Crippen molar-refractivity contribution in [1.82, 2.24) is 15.5 Å². The van der Waals surface area contributed by atoms with Gasteiger partial charge < -0.3 is 5.32 Å². The highest BCUT2D eigenvalue weighted by Gasteiger charge is 2.15. The first-order chi connectivity index (χ1) is 9.20. The number of aromatic amines is 1. The molecule has 2 rings (SSSR count). The van der Waals surface area contributed by atoms with Gasteiger partial charge in [0.05, 0.1) is 17.8 Å². The summed E-state index contributed by atoms with van der Waals surface area (Å²) in [7, 11) is 0. The third-order valence-electron chi connectivity index (χ3n) is 2.89. The lowest BCUT2D eigenvalue weighted by atomic mass is 10.0. The van der Waals surface area contributed by atoms with Crippen LogP contribution in [-0.4, -0.2) is 16.1 Å². The van der Waals surface area contributed by atoms with E-state index in [9.17, 15) is 4.79 Å². The predicted octanol–water partition coefficient (Wildman–Crippen LogP) is 3.44. The number of hydrogen-bond donors (Lipinski definition) is 2. The Hall–Kier alpha value is -1.62. The molecule has 1 amide bonds. The molecular formula is C14H16BrN3O. The van der Waals surface area contributed by atoms with Crippen LogP contribution < -0.4 is 5.32 Å². The molecule has 2 aromatic rings. The van der Waals surface area contributed by atoms with E-state index in [-0.39, 0.29) is 11.9 Å². The summed E-state index contributed by atoms with van der Waals surface area (Å²) < 4.78 is 1.02. The van der Waals surface area contributed by atoms with E-state index in [0.717, 1.165) is 22.9 Å². The van der Waals surface area contributed by atoms with Crippen molar-refractivity contribution < 1.29 is 4.79 Å². The van der Waals surface area contributed by atoms with Crippen LogP contribution in [-0.2, 0) is 0 Å². The number of nitrogens with zero attached hydrogens (tertiary/aromatic N) is 1. The largest absolute Gasteiger partial charge is 0.345 e. The fraction of sp³-hybridized carbons (Fsp3) is 0.286. The van der Waals surface area contributed by atoms with Crippen molar-refractivity contribution >= 4 is 21.8 Å². The minimum Gasteiger partial charge on any atom is -0.345 e. The number of halogens is 1. The highest BCUT2D eigenvalue weighted by molar-refractivity contribution is 9.10. The summed E-state index contributed by atoms with van der Waals surface area (Å²) in [5.74, 6) is -0.104. The number of carbonyl (C=O) groups excluding carboxylic acids is 1. The van der Waals surface area contributed by atoms with Gasteiger partial charge in [-0.3, -0.25) is 9.89 Å². The Morgan fingerprint density at radius 2 is 2.37 bits per heavy atom. The van der Waals surface area contributed by atoms with Crippen LogP contribution in [0.1, 0.15) is 41.7 Å². The van der Waals surface area contributed by atoms with Gasteiger partial charge in [0.25, 0.3) is 5.91 Å². The van der Waals surface area contributed by atoms with Gasteiger partial charge in [0.2, 0.25) is 0 Å². The van der Waals surface area contributed by atoms with E-state index in [2.05, 4.69) is 38.4 Å². The van der Waals surface area contributed by atoms with Crippen LogP contribution in [0.5, 0.6) is 0 Å². The molecule has 100 valence electrons. The van der Waals surface area contributed by atoms with E-state index in [1.165, 1.54) is 6.20 Å². The minimum absolute atomic E-state index is 0.0184. The molecule has 19 heavy (non-hydrogen) atoms. The number of amides is 1.